The van der Waals surface area contributed by atoms with Crippen LogP contribution in [0.5, 0.6) is 0 Å². The standard InChI is InChI=1S/C23H34N2O3S/c1-4-25(5-2)29(27,28)21-8-6-7-20(12-21)22(26)24(3)16-23-13-17-9-18(14-23)11-19(10-17)15-23/h6-8,12,17-19H,4-5,9-11,13-16H2,1-3H3. The van der Waals surface area contributed by atoms with Crippen molar-refractivity contribution in [1.82, 2.24) is 9.21 Å². The van der Waals surface area contributed by atoms with E-state index >= 15 is 0 Å². The topological polar surface area (TPSA) is 57.7 Å². The molecule has 5 nitrogen and oxygen atoms in total. The molecule has 0 unspecified atom stereocenters. The Labute approximate surface area is 175 Å². The SMILES string of the molecule is CCN(CC)S(=O)(=O)c1cccc(C(=O)N(C)CC23CC4CC(CC(C4)C2)C3)c1. The minimum absolute atomic E-state index is 0.0719. The van der Waals surface area contributed by atoms with Gasteiger partial charge in [0.25, 0.3) is 5.91 Å². The number of hydrogen-bond acceptors (Lipinski definition) is 3. The molecule has 0 heterocycles. The van der Waals surface area contributed by atoms with E-state index in [0.717, 1.165) is 24.3 Å². The smallest absolute Gasteiger partial charge is 0.253 e. The Morgan fingerprint density at radius 1 is 1.03 bits per heavy atom. The van der Waals surface area contributed by atoms with Gasteiger partial charge in [-0.05, 0) is 79.9 Å². The average molecular weight is 419 g/mol. The van der Waals surface area contributed by atoms with Crippen LogP contribution in [0, 0.1) is 23.2 Å². The summed E-state index contributed by atoms with van der Waals surface area (Å²) in [6.45, 7) is 5.29. The van der Waals surface area contributed by atoms with E-state index in [2.05, 4.69) is 0 Å². The summed E-state index contributed by atoms with van der Waals surface area (Å²) >= 11 is 0. The number of carbonyl (C=O) groups excluding carboxylic acids is 1. The Kier molecular flexibility index (Phi) is 5.53. The molecule has 0 N–H and O–H groups in total. The fourth-order valence-corrected chi connectivity index (χ4v) is 8.29. The van der Waals surface area contributed by atoms with Gasteiger partial charge in [0.2, 0.25) is 10.0 Å². The van der Waals surface area contributed by atoms with Crippen LogP contribution in [0.3, 0.4) is 0 Å². The van der Waals surface area contributed by atoms with Crippen molar-refractivity contribution in [3.63, 3.8) is 0 Å². The molecular weight excluding hydrogens is 384 g/mol. The van der Waals surface area contributed by atoms with Crippen LogP contribution in [-0.2, 0) is 10.0 Å². The monoisotopic (exact) mass is 418 g/mol. The molecule has 4 saturated carbocycles. The normalized spacial score (nSPS) is 30.7. The molecule has 0 aliphatic heterocycles. The highest BCUT2D eigenvalue weighted by atomic mass is 32.2. The van der Waals surface area contributed by atoms with Gasteiger partial charge in [0.15, 0.2) is 0 Å². The lowest BCUT2D eigenvalue weighted by molar-refractivity contribution is -0.0629. The lowest BCUT2D eigenvalue weighted by Gasteiger charge is -2.57. The minimum Gasteiger partial charge on any atom is -0.341 e. The molecule has 4 aliphatic carbocycles. The third kappa shape index (κ3) is 3.86. The molecule has 1 amide bonds. The van der Waals surface area contributed by atoms with E-state index in [1.807, 2.05) is 25.8 Å². The third-order valence-corrected chi connectivity index (χ3v) is 9.55. The number of carbonyl (C=O) groups is 1. The highest BCUT2D eigenvalue weighted by molar-refractivity contribution is 7.89. The van der Waals surface area contributed by atoms with Crippen molar-refractivity contribution < 1.29 is 13.2 Å². The van der Waals surface area contributed by atoms with Gasteiger partial charge in [-0.15, -0.1) is 0 Å². The van der Waals surface area contributed by atoms with Crippen molar-refractivity contribution in [2.45, 2.75) is 57.3 Å². The zero-order valence-electron chi connectivity index (χ0n) is 17.9. The minimum atomic E-state index is -3.56. The van der Waals surface area contributed by atoms with Crippen LogP contribution in [0.2, 0.25) is 0 Å². The fourth-order valence-electron chi connectivity index (χ4n) is 6.78. The van der Waals surface area contributed by atoms with Crippen LogP contribution in [0.1, 0.15) is 62.7 Å². The van der Waals surface area contributed by atoms with Gasteiger partial charge in [0, 0.05) is 32.2 Å². The number of sulfonamides is 1. The number of benzene rings is 1. The Bertz CT molecular complexity index is 841. The largest absolute Gasteiger partial charge is 0.341 e. The second kappa shape index (κ2) is 7.69. The van der Waals surface area contributed by atoms with Crippen molar-refractivity contribution in [2.75, 3.05) is 26.7 Å². The zero-order valence-corrected chi connectivity index (χ0v) is 18.7. The van der Waals surface area contributed by atoms with Gasteiger partial charge in [0.05, 0.1) is 4.90 Å². The van der Waals surface area contributed by atoms with Gasteiger partial charge in [-0.25, -0.2) is 8.42 Å². The summed E-state index contributed by atoms with van der Waals surface area (Å²) in [5, 5.41) is 0. The number of hydrogen-bond donors (Lipinski definition) is 0. The summed E-state index contributed by atoms with van der Waals surface area (Å²) in [4.78, 5) is 15.2. The Hall–Kier alpha value is -1.40. The quantitative estimate of drug-likeness (QED) is 0.672. The maximum Gasteiger partial charge on any atom is 0.253 e. The van der Waals surface area contributed by atoms with Crippen LogP contribution in [-0.4, -0.2) is 50.2 Å². The van der Waals surface area contributed by atoms with Gasteiger partial charge in [0.1, 0.15) is 0 Å². The number of nitrogens with zero attached hydrogens (tertiary/aromatic N) is 2. The predicted molar refractivity (Wildman–Crippen MR) is 114 cm³/mol. The van der Waals surface area contributed by atoms with Crippen molar-refractivity contribution in [1.29, 1.82) is 0 Å². The molecule has 0 atom stereocenters. The van der Waals surface area contributed by atoms with Gasteiger partial charge in [-0.3, -0.25) is 4.79 Å². The molecule has 160 valence electrons. The van der Waals surface area contributed by atoms with Crippen LogP contribution >= 0.6 is 0 Å². The zero-order chi connectivity index (χ0) is 20.8. The molecule has 0 spiro atoms. The maximum atomic E-state index is 13.2. The first kappa shape index (κ1) is 20.9. The summed E-state index contributed by atoms with van der Waals surface area (Å²) in [5.41, 5.74) is 0.745. The number of rotatable bonds is 7. The summed E-state index contributed by atoms with van der Waals surface area (Å²) in [7, 11) is -1.68. The van der Waals surface area contributed by atoms with Crippen molar-refractivity contribution in [3.05, 3.63) is 29.8 Å². The van der Waals surface area contributed by atoms with E-state index in [4.69, 9.17) is 0 Å². The Balaban J connectivity index is 1.51. The highest BCUT2D eigenvalue weighted by Crippen LogP contribution is 2.60. The molecule has 6 heteroatoms. The molecule has 29 heavy (non-hydrogen) atoms. The first-order valence-corrected chi connectivity index (χ1v) is 12.6. The van der Waals surface area contributed by atoms with E-state index in [1.165, 1.54) is 42.8 Å². The van der Waals surface area contributed by atoms with Crippen LogP contribution in [0.4, 0.5) is 0 Å². The average Bonchev–Trinajstić information content (AvgIpc) is 2.66. The van der Waals surface area contributed by atoms with Gasteiger partial charge in [-0.1, -0.05) is 19.9 Å². The van der Waals surface area contributed by atoms with E-state index in [1.54, 1.807) is 24.3 Å². The van der Waals surface area contributed by atoms with E-state index in [9.17, 15) is 13.2 Å². The Morgan fingerprint density at radius 3 is 2.10 bits per heavy atom. The number of amides is 1. The first-order chi connectivity index (χ1) is 13.8. The Morgan fingerprint density at radius 2 is 1.59 bits per heavy atom. The van der Waals surface area contributed by atoms with Crippen LogP contribution in [0.25, 0.3) is 0 Å². The molecular formula is C23H34N2O3S. The van der Waals surface area contributed by atoms with Crippen molar-refractivity contribution >= 4 is 15.9 Å². The van der Waals surface area contributed by atoms with Gasteiger partial charge >= 0.3 is 0 Å². The molecule has 1 aromatic rings. The highest BCUT2D eigenvalue weighted by Gasteiger charge is 2.51. The summed E-state index contributed by atoms with van der Waals surface area (Å²) in [6.07, 6.45) is 7.94. The third-order valence-electron chi connectivity index (χ3n) is 7.51. The molecule has 0 radical (unpaired) electrons. The molecule has 0 aromatic heterocycles. The van der Waals surface area contributed by atoms with Gasteiger partial charge in [-0.2, -0.15) is 4.31 Å². The predicted octanol–water partition coefficient (Wildman–Crippen LogP) is 4.01. The van der Waals surface area contributed by atoms with Crippen LogP contribution < -0.4 is 0 Å². The second-order valence-corrected chi connectivity index (χ2v) is 11.6. The molecule has 1 aromatic carbocycles. The van der Waals surface area contributed by atoms with E-state index in [-0.39, 0.29) is 16.2 Å². The molecule has 4 bridgehead atoms. The van der Waals surface area contributed by atoms with Crippen LogP contribution in [0.15, 0.2) is 29.2 Å². The van der Waals surface area contributed by atoms with Crippen molar-refractivity contribution in [3.8, 4) is 0 Å². The first-order valence-electron chi connectivity index (χ1n) is 11.1. The lowest BCUT2D eigenvalue weighted by atomic mass is 9.49. The molecule has 4 fully saturated rings. The fraction of sp³-hybridized carbons (Fsp3) is 0.696. The molecule has 5 rings (SSSR count). The van der Waals surface area contributed by atoms with Crippen molar-refractivity contribution in [2.24, 2.45) is 23.2 Å². The van der Waals surface area contributed by atoms with Gasteiger partial charge < -0.3 is 4.90 Å². The maximum absolute atomic E-state index is 13.2. The molecule has 4 aliphatic rings. The summed E-state index contributed by atoms with van der Waals surface area (Å²) in [5.74, 6) is 2.49. The summed E-state index contributed by atoms with van der Waals surface area (Å²) in [6, 6.07) is 6.55. The lowest BCUT2D eigenvalue weighted by Crippen LogP contribution is -2.51. The van der Waals surface area contributed by atoms with E-state index in [0.29, 0.717) is 18.7 Å². The summed E-state index contributed by atoms with van der Waals surface area (Å²) < 4.78 is 27.1. The molecule has 0 saturated heterocycles. The second-order valence-electron chi connectivity index (χ2n) is 9.70. The van der Waals surface area contributed by atoms with E-state index < -0.39 is 10.0 Å².